The van der Waals surface area contributed by atoms with Gasteiger partial charge >= 0.3 is 39.5 Å². The summed E-state index contributed by atoms with van der Waals surface area (Å²) in [5.41, 5.74) is 0. The molecule has 0 radical (unpaired) electrons. The number of aliphatic hydroxyl groups is 1. The molecule has 3 N–H and O–H groups in total. The number of aliphatic hydroxyl groups excluding tert-OH is 1. The summed E-state index contributed by atoms with van der Waals surface area (Å²) in [6, 6.07) is 0. The summed E-state index contributed by atoms with van der Waals surface area (Å²) in [5.74, 6) is -0.537. The van der Waals surface area contributed by atoms with Gasteiger partial charge in [0.05, 0.1) is 26.4 Å². The van der Waals surface area contributed by atoms with Gasteiger partial charge in [-0.1, -0.05) is 356 Å². The minimum absolute atomic E-state index is 0.106. The number of hydrogen-bond donors (Lipinski definition) is 3. The summed E-state index contributed by atoms with van der Waals surface area (Å²) in [7, 11) is -9.90. The third-order valence-corrected chi connectivity index (χ3v) is 20.1. The molecule has 0 spiro atoms. The molecule has 5 atom stereocenters. The van der Waals surface area contributed by atoms with Crippen LogP contribution >= 0.6 is 15.6 Å². The maximum atomic E-state index is 13.1. The highest BCUT2D eigenvalue weighted by molar-refractivity contribution is 7.47. The highest BCUT2D eigenvalue weighted by Crippen LogP contribution is 2.45. The second-order valence-electron chi connectivity index (χ2n) is 29.1. The van der Waals surface area contributed by atoms with E-state index in [2.05, 4.69) is 41.5 Å². The summed E-state index contributed by atoms with van der Waals surface area (Å²) in [4.78, 5) is 72.6. The number of esters is 4. The van der Waals surface area contributed by atoms with Crippen LogP contribution in [0.3, 0.4) is 0 Å². The molecule has 0 rings (SSSR count). The molecule has 0 saturated carbocycles. The van der Waals surface area contributed by atoms with Crippen molar-refractivity contribution in [1.29, 1.82) is 0 Å². The number of ether oxygens (including phenoxy) is 4. The molecule has 0 aliphatic heterocycles. The van der Waals surface area contributed by atoms with E-state index in [0.717, 1.165) is 108 Å². The number of hydrogen-bond acceptors (Lipinski definition) is 15. The molecule has 19 heteroatoms. The summed E-state index contributed by atoms with van der Waals surface area (Å²) < 4.78 is 68.4. The zero-order valence-electron chi connectivity index (χ0n) is 63.4. The van der Waals surface area contributed by atoms with Crippen molar-refractivity contribution in [1.82, 2.24) is 0 Å². The van der Waals surface area contributed by atoms with Crippen LogP contribution < -0.4 is 0 Å². The predicted octanol–water partition coefficient (Wildman–Crippen LogP) is 23.1. The fourth-order valence-electron chi connectivity index (χ4n) is 12.0. The van der Waals surface area contributed by atoms with Crippen LogP contribution in [0.5, 0.6) is 0 Å². The Morgan fingerprint density at radius 1 is 0.278 bits per heavy atom. The van der Waals surface area contributed by atoms with Crippen LogP contribution in [0.1, 0.15) is 408 Å². The first-order valence-electron chi connectivity index (χ1n) is 40.5. The van der Waals surface area contributed by atoms with E-state index in [-0.39, 0.29) is 25.7 Å². The standard InChI is InChI=1S/C78H152O17P2/c1-7-9-11-13-14-15-16-17-18-19-20-21-22-29-34-39-44-50-56-63-78(83)95-74(67-89-76(81)61-55-49-43-38-33-28-24-23-26-31-36-41-47-52-58-70(3)4)69-93-97(86,87)91-65-72(79)64-90-96(84,85)92-68-73(66-88-75(80)60-54-46-12-10-8-2)94-77(82)62-57-51-45-40-35-30-25-27-32-37-42-48-53-59-71(5)6/h70-74,79H,7-69H2,1-6H3,(H,84,85)(H,86,87)/t72-,73+,74+/m0/s1. The highest BCUT2D eigenvalue weighted by atomic mass is 31.2. The monoisotopic (exact) mass is 1420 g/mol. The Morgan fingerprint density at radius 2 is 0.474 bits per heavy atom. The average Bonchev–Trinajstić information content (AvgIpc) is 1.59. The number of unbranched alkanes of at least 4 members (excludes halogenated alkanes) is 47. The van der Waals surface area contributed by atoms with Crippen molar-refractivity contribution in [2.45, 2.75) is 426 Å². The quantitative estimate of drug-likeness (QED) is 0.0222. The number of rotatable bonds is 77. The van der Waals surface area contributed by atoms with Crippen molar-refractivity contribution in [3.63, 3.8) is 0 Å². The smallest absolute Gasteiger partial charge is 0.462 e. The van der Waals surface area contributed by atoms with Crippen LogP contribution in [-0.4, -0.2) is 96.7 Å². The van der Waals surface area contributed by atoms with Crippen LogP contribution in [0.4, 0.5) is 0 Å². The van der Waals surface area contributed by atoms with Gasteiger partial charge in [-0.3, -0.25) is 37.3 Å². The summed E-state index contributed by atoms with van der Waals surface area (Å²) in [6.07, 6.45) is 58.7. The second-order valence-corrected chi connectivity index (χ2v) is 32.0. The van der Waals surface area contributed by atoms with E-state index >= 15 is 0 Å². The number of phosphoric acid groups is 2. The van der Waals surface area contributed by atoms with Gasteiger partial charge in [0, 0.05) is 25.7 Å². The molecule has 17 nitrogen and oxygen atoms in total. The molecule has 0 amide bonds. The van der Waals surface area contributed by atoms with E-state index < -0.39 is 97.5 Å². The molecular weight excluding hydrogens is 1270 g/mol. The molecule has 0 heterocycles. The fourth-order valence-corrected chi connectivity index (χ4v) is 13.6. The largest absolute Gasteiger partial charge is 0.472 e. The number of carbonyl (C=O) groups excluding carboxylic acids is 4. The van der Waals surface area contributed by atoms with Crippen LogP contribution in [-0.2, 0) is 65.4 Å². The van der Waals surface area contributed by atoms with E-state index in [1.807, 2.05) is 0 Å². The fraction of sp³-hybridized carbons (Fsp3) is 0.949. The van der Waals surface area contributed by atoms with E-state index in [1.54, 1.807) is 0 Å². The van der Waals surface area contributed by atoms with Crippen molar-refractivity contribution in [2.24, 2.45) is 11.8 Å². The lowest BCUT2D eigenvalue weighted by Crippen LogP contribution is -2.30. The first kappa shape index (κ1) is 95.1. The Balaban J connectivity index is 5.13. The Bertz CT molecular complexity index is 1870. The van der Waals surface area contributed by atoms with Crippen molar-refractivity contribution in [3.8, 4) is 0 Å². The molecule has 0 aromatic rings. The minimum Gasteiger partial charge on any atom is -0.462 e. The molecule has 2 unspecified atom stereocenters. The molecule has 0 saturated heterocycles. The molecule has 0 fully saturated rings. The Morgan fingerprint density at radius 3 is 0.701 bits per heavy atom. The molecule has 0 bridgehead atoms. The van der Waals surface area contributed by atoms with Crippen LogP contribution in [0.2, 0.25) is 0 Å². The Kier molecular flexibility index (Phi) is 68.4. The molecule has 0 aromatic carbocycles. The zero-order valence-corrected chi connectivity index (χ0v) is 65.2. The van der Waals surface area contributed by atoms with Gasteiger partial charge in [-0.2, -0.15) is 0 Å². The first-order valence-corrected chi connectivity index (χ1v) is 43.5. The van der Waals surface area contributed by atoms with E-state index in [9.17, 15) is 43.2 Å². The van der Waals surface area contributed by atoms with Crippen LogP contribution in [0, 0.1) is 11.8 Å². The Hall–Kier alpha value is -1.94. The van der Waals surface area contributed by atoms with Gasteiger partial charge in [-0.05, 0) is 37.5 Å². The van der Waals surface area contributed by atoms with Gasteiger partial charge in [0.2, 0.25) is 0 Å². The predicted molar refractivity (Wildman–Crippen MR) is 395 cm³/mol. The van der Waals surface area contributed by atoms with E-state index in [0.29, 0.717) is 25.7 Å². The van der Waals surface area contributed by atoms with Gasteiger partial charge in [-0.15, -0.1) is 0 Å². The van der Waals surface area contributed by atoms with Gasteiger partial charge in [0.25, 0.3) is 0 Å². The second kappa shape index (κ2) is 69.8. The third kappa shape index (κ3) is 72.2. The molecule has 0 aliphatic carbocycles. The topological polar surface area (TPSA) is 237 Å². The molecule has 0 aliphatic rings. The summed E-state index contributed by atoms with van der Waals surface area (Å²) in [6.45, 7) is 9.56. The molecule has 0 aromatic heterocycles. The molecule has 576 valence electrons. The van der Waals surface area contributed by atoms with Gasteiger partial charge in [-0.25, -0.2) is 9.13 Å². The maximum Gasteiger partial charge on any atom is 0.472 e. The Labute approximate surface area is 594 Å². The number of phosphoric ester groups is 2. The summed E-state index contributed by atoms with van der Waals surface area (Å²) >= 11 is 0. The minimum atomic E-state index is -4.96. The van der Waals surface area contributed by atoms with Gasteiger partial charge in [0.15, 0.2) is 12.2 Å². The third-order valence-electron chi connectivity index (χ3n) is 18.2. The molecule has 97 heavy (non-hydrogen) atoms. The zero-order chi connectivity index (χ0) is 71.4. The van der Waals surface area contributed by atoms with Crippen molar-refractivity contribution in [3.05, 3.63) is 0 Å². The van der Waals surface area contributed by atoms with E-state index in [4.69, 9.17) is 37.0 Å². The number of carbonyl (C=O) groups is 4. The lowest BCUT2D eigenvalue weighted by Gasteiger charge is -2.21. The van der Waals surface area contributed by atoms with Crippen LogP contribution in [0.15, 0.2) is 0 Å². The lowest BCUT2D eigenvalue weighted by molar-refractivity contribution is -0.161. The van der Waals surface area contributed by atoms with Gasteiger partial charge in [0.1, 0.15) is 19.3 Å². The molecular formula is C78H152O17P2. The SMILES string of the molecule is CCCCCCCCCCCCCCCCCCCCCC(=O)O[C@H](COC(=O)CCCCCCCCCCCCCCCCC(C)C)COP(=O)(O)OC[C@@H](O)COP(=O)(O)OC[C@@H](COC(=O)CCCCCCC)OC(=O)CCCCCCCCCCCCCCCC(C)C. The average molecular weight is 1420 g/mol. The first-order chi connectivity index (χ1) is 46.9. The van der Waals surface area contributed by atoms with Crippen molar-refractivity contribution >= 4 is 39.5 Å². The van der Waals surface area contributed by atoms with Crippen molar-refractivity contribution in [2.75, 3.05) is 39.6 Å². The maximum absolute atomic E-state index is 13.1. The normalized spacial score (nSPS) is 14.0. The van der Waals surface area contributed by atoms with E-state index in [1.165, 1.54) is 218 Å². The van der Waals surface area contributed by atoms with Gasteiger partial charge < -0.3 is 33.8 Å². The van der Waals surface area contributed by atoms with Crippen LogP contribution in [0.25, 0.3) is 0 Å². The van der Waals surface area contributed by atoms with Crippen molar-refractivity contribution < 1.29 is 80.2 Å². The highest BCUT2D eigenvalue weighted by Gasteiger charge is 2.30. The lowest BCUT2D eigenvalue weighted by atomic mass is 10.0. The summed E-state index contributed by atoms with van der Waals surface area (Å²) in [5, 5.41) is 10.6.